The van der Waals surface area contributed by atoms with Crippen LogP contribution in [0.1, 0.15) is 31.2 Å². The van der Waals surface area contributed by atoms with E-state index >= 15 is 0 Å². The number of fused-ring (bicyclic) bond motifs is 1. The largest absolute Gasteiger partial charge is 0.377 e. The smallest absolute Gasteiger partial charge is 0.128 e. The van der Waals surface area contributed by atoms with Crippen molar-refractivity contribution in [1.82, 2.24) is 10.3 Å². The molecule has 1 aliphatic carbocycles. The first-order valence-corrected chi connectivity index (χ1v) is 11.2. The van der Waals surface area contributed by atoms with Gasteiger partial charge in [0.25, 0.3) is 0 Å². The first kappa shape index (κ1) is 21.0. The van der Waals surface area contributed by atoms with Gasteiger partial charge >= 0.3 is 0 Å². The molecule has 0 radical (unpaired) electrons. The molecule has 0 unspecified atom stereocenters. The summed E-state index contributed by atoms with van der Waals surface area (Å²) in [6, 6.07) is 19.1. The number of rotatable bonds is 7. The van der Waals surface area contributed by atoms with E-state index in [9.17, 15) is 0 Å². The molecule has 1 heterocycles. The molecule has 1 fully saturated rings. The number of benzene rings is 2. The molecule has 158 valence electrons. The number of nitrogens with zero attached hydrogens (tertiary/aromatic N) is 2. The van der Waals surface area contributed by atoms with Crippen LogP contribution in [0.3, 0.4) is 0 Å². The first-order chi connectivity index (χ1) is 14.6. The number of nitrogens with one attached hydrogen (secondary N) is 2. The van der Waals surface area contributed by atoms with E-state index in [0.29, 0.717) is 6.04 Å². The second kappa shape index (κ2) is 9.67. The molecule has 30 heavy (non-hydrogen) atoms. The zero-order chi connectivity index (χ0) is 20.9. The predicted molar refractivity (Wildman–Crippen MR) is 129 cm³/mol. The van der Waals surface area contributed by atoms with Gasteiger partial charge in [0, 0.05) is 48.8 Å². The topological polar surface area (TPSA) is 40.2 Å². The SMILES string of the molecule is CN(C)c1cc(NC2CCC(CNCc3cccc(Cl)c3)CC2)nc2ccccc12. The van der Waals surface area contributed by atoms with Crippen molar-refractivity contribution >= 4 is 34.0 Å². The molecule has 4 nitrogen and oxygen atoms in total. The van der Waals surface area contributed by atoms with Crippen LogP contribution >= 0.6 is 11.6 Å². The van der Waals surface area contributed by atoms with Crippen LogP contribution in [0.2, 0.25) is 5.02 Å². The summed E-state index contributed by atoms with van der Waals surface area (Å²) in [5, 5.41) is 9.31. The molecule has 4 rings (SSSR count). The van der Waals surface area contributed by atoms with Crippen molar-refractivity contribution in [2.75, 3.05) is 30.9 Å². The number of hydrogen-bond acceptors (Lipinski definition) is 4. The lowest BCUT2D eigenvalue weighted by Gasteiger charge is -2.30. The summed E-state index contributed by atoms with van der Waals surface area (Å²) in [7, 11) is 4.18. The van der Waals surface area contributed by atoms with Crippen LogP contribution in [0.25, 0.3) is 10.9 Å². The number of para-hydroxylation sites is 1. The maximum absolute atomic E-state index is 6.07. The highest BCUT2D eigenvalue weighted by Crippen LogP contribution is 2.30. The zero-order valence-electron chi connectivity index (χ0n) is 17.9. The average Bonchev–Trinajstić information content (AvgIpc) is 2.74. The van der Waals surface area contributed by atoms with Gasteiger partial charge in [-0.2, -0.15) is 0 Å². The highest BCUT2D eigenvalue weighted by Gasteiger charge is 2.21. The Morgan fingerprint density at radius 2 is 1.80 bits per heavy atom. The average molecular weight is 423 g/mol. The van der Waals surface area contributed by atoms with E-state index in [1.165, 1.54) is 42.3 Å². The van der Waals surface area contributed by atoms with E-state index < -0.39 is 0 Å². The van der Waals surface area contributed by atoms with Crippen molar-refractivity contribution in [2.24, 2.45) is 5.92 Å². The van der Waals surface area contributed by atoms with Crippen molar-refractivity contribution in [2.45, 2.75) is 38.3 Å². The lowest BCUT2D eigenvalue weighted by Crippen LogP contribution is -2.31. The van der Waals surface area contributed by atoms with Gasteiger partial charge in [0.05, 0.1) is 5.52 Å². The van der Waals surface area contributed by atoms with Gasteiger partial charge in [-0.05, 0) is 61.9 Å². The molecule has 0 aliphatic heterocycles. The van der Waals surface area contributed by atoms with Gasteiger partial charge in [0.1, 0.15) is 5.82 Å². The van der Waals surface area contributed by atoms with Crippen LogP contribution in [0.4, 0.5) is 11.5 Å². The molecule has 2 N–H and O–H groups in total. The summed E-state index contributed by atoms with van der Waals surface area (Å²) < 4.78 is 0. The minimum absolute atomic E-state index is 0.498. The fourth-order valence-corrected chi connectivity index (χ4v) is 4.60. The highest BCUT2D eigenvalue weighted by atomic mass is 35.5. The summed E-state index contributed by atoms with van der Waals surface area (Å²) in [4.78, 5) is 7.03. The Hall–Kier alpha value is -2.30. The summed E-state index contributed by atoms with van der Waals surface area (Å²) in [6.45, 7) is 1.95. The van der Waals surface area contributed by atoms with Crippen LogP contribution in [0.15, 0.2) is 54.6 Å². The molecule has 3 aromatic rings. The second-order valence-electron chi connectivity index (χ2n) is 8.56. The lowest BCUT2D eigenvalue weighted by atomic mass is 9.86. The molecule has 0 amide bonds. The van der Waals surface area contributed by atoms with Crippen molar-refractivity contribution in [1.29, 1.82) is 0 Å². The minimum atomic E-state index is 0.498. The molecule has 2 aromatic carbocycles. The summed E-state index contributed by atoms with van der Waals surface area (Å²) in [5.41, 5.74) is 3.50. The maximum Gasteiger partial charge on any atom is 0.128 e. The molecule has 0 bridgehead atoms. The van der Waals surface area contributed by atoms with E-state index in [1.807, 2.05) is 18.2 Å². The Labute approximate surface area is 184 Å². The quantitative estimate of drug-likeness (QED) is 0.511. The van der Waals surface area contributed by atoms with Gasteiger partial charge in [0.15, 0.2) is 0 Å². The summed E-state index contributed by atoms with van der Waals surface area (Å²) >= 11 is 6.07. The Morgan fingerprint density at radius 3 is 2.57 bits per heavy atom. The lowest BCUT2D eigenvalue weighted by molar-refractivity contribution is 0.324. The van der Waals surface area contributed by atoms with Gasteiger partial charge in [-0.1, -0.05) is 41.9 Å². The normalized spacial score (nSPS) is 19.0. The second-order valence-corrected chi connectivity index (χ2v) is 9.00. The molecular formula is C25H31ClN4. The Bertz CT molecular complexity index is 980. The van der Waals surface area contributed by atoms with Crippen LogP contribution in [-0.2, 0) is 6.54 Å². The van der Waals surface area contributed by atoms with E-state index in [0.717, 1.165) is 35.4 Å². The number of pyridine rings is 1. The first-order valence-electron chi connectivity index (χ1n) is 10.9. The standard InChI is InChI=1S/C25H31ClN4/c1-30(2)24-15-25(29-23-9-4-3-8-22(23)24)28-21-12-10-18(11-13-21)16-27-17-19-6-5-7-20(26)14-19/h3-9,14-15,18,21,27H,10-13,16-17H2,1-2H3,(H,28,29). The third-order valence-electron chi connectivity index (χ3n) is 6.03. The Kier molecular flexibility index (Phi) is 6.76. The summed E-state index contributed by atoms with van der Waals surface area (Å²) in [5.74, 6) is 1.73. The monoisotopic (exact) mass is 422 g/mol. The Morgan fingerprint density at radius 1 is 1.00 bits per heavy atom. The van der Waals surface area contributed by atoms with Gasteiger partial charge in [-0.25, -0.2) is 4.98 Å². The van der Waals surface area contributed by atoms with Crippen LogP contribution < -0.4 is 15.5 Å². The van der Waals surface area contributed by atoms with Crippen LogP contribution in [-0.4, -0.2) is 31.7 Å². The van der Waals surface area contributed by atoms with E-state index in [4.69, 9.17) is 16.6 Å². The molecule has 5 heteroatoms. The highest BCUT2D eigenvalue weighted by molar-refractivity contribution is 6.30. The van der Waals surface area contributed by atoms with Gasteiger partial charge < -0.3 is 15.5 Å². The fourth-order valence-electron chi connectivity index (χ4n) is 4.39. The van der Waals surface area contributed by atoms with E-state index in [1.54, 1.807) is 0 Å². The van der Waals surface area contributed by atoms with Crippen molar-refractivity contribution in [3.8, 4) is 0 Å². The van der Waals surface area contributed by atoms with Crippen molar-refractivity contribution in [3.05, 3.63) is 65.2 Å². The third-order valence-corrected chi connectivity index (χ3v) is 6.26. The molecule has 1 saturated carbocycles. The molecule has 0 spiro atoms. The minimum Gasteiger partial charge on any atom is -0.377 e. The molecule has 0 atom stereocenters. The number of halogens is 1. The summed E-state index contributed by atoms with van der Waals surface area (Å²) in [6.07, 6.45) is 4.87. The van der Waals surface area contributed by atoms with Crippen LogP contribution in [0.5, 0.6) is 0 Å². The predicted octanol–water partition coefficient (Wildman–Crippen LogP) is 5.71. The molecule has 1 aromatic heterocycles. The van der Waals surface area contributed by atoms with E-state index in [-0.39, 0.29) is 0 Å². The van der Waals surface area contributed by atoms with Crippen LogP contribution in [0, 0.1) is 5.92 Å². The van der Waals surface area contributed by atoms with Gasteiger partial charge in [-0.15, -0.1) is 0 Å². The fraction of sp³-hybridized carbons (Fsp3) is 0.400. The zero-order valence-corrected chi connectivity index (χ0v) is 18.6. The van der Waals surface area contributed by atoms with Gasteiger partial charge in [0.2, 0.25) is 0 Å². The van der Waals surface area contributed by atoms with Gasteiger partial charge in [-0.3, -0.25) is 0 Å². The molecular weight excluding hydrogens is 392 g/mol. The maximum atomic E-state index is 6.07. The Balaban J connectivity index is 1.29. The van der Waals surface area contributed by atoms with Crippen molar-refractivity contribution < 1.29 is 0 Å². The molecule has 1 aliphatic rings. The third kappa shape index (κ3) is 5.24. The number of hydrogen-bond donors (Lipinski definition) is 2. The number of anilines is 2. The van der Waals surface area contributed by atoms with E-state index in [2.05, 4.69) is 66.0 Å². The number of aromatic nitrogens is 1. The van der Waals surface area contributed by atoms with Crippen molar-refractivity contribution in [3.63, 3.8) is 0 Å². The molecule has 0 saturated heterocycles.